The van der Waals surface area contributed by atoms with Crippen molar-refractivity contribution in [1.29, 1.82) is 0 Å². The van der Waals surface area contributed by atoms with Crippen LogP contribution in [-0.4, -0.2) is 30.0 Å². The van der Waals surface area contributed by atoms with Crippen LogP contribution in [0.5, 0.6) is 0 Å². The molecule has 1 aliphatic rings. The van der Waals surface area contributed by atoms with E-state index in [1.54, 1.807) is 23.7 Å². The fourth-order valence-corrected chi connectivity index (χ4v) is 3.68. The monoisotopic (exact) mass is 352 g/mol. The van der Waals surface area contributed by atoms with E-state index >= 15 is 0 Å². The quantitative estimate of drug-likeness (QED) is 0.841. The summed E-state index contributed by atoms with van der Waals surface area (Å²) >= 11 is 1.61. The Bertz CT molecular complexity index is 787. The number of anilines is 2. The summed E-state index contributed by atoms with van der Waals surface area (Å²) in [5.74, 6) is 0.545. The molecule has 0 spiro atoms. The minimum atomic E-state index is -0.0240. The fourth-order valence-electron chi connectivity index (χ4n) is 2.65. The molecule has 1 atom stereocenters. The maximum Gasteiger partial charge on any atom is 0.238 e. The zero-order chi connectivity index (χ0) is 17.8. The molecule has 3 rings (SSSR count). The number of rotatable bonds is 4. The van der Waals surface area contributed by atoms with Crippen LogP contribution in [0.2, 0.25) is 0 Å². The van der Waals surface area contributed by atoms with Gasteiger partial charge in [0.1, 0.15) is 5.37 Å². The lowest BCUT2D eigenvalue weighted by molar-refractivity contribution is -0.116. The standard InChI is InChI=1S/C20H20N2O2S/c1-15(23)21(2)17-9-11-18(12-10-17)22-19(24)14-25-20(22)13-8-16-6-4-3-5-7-16/h3-13,20H,14H2,1-2H3/b13-8+/t20-/m0/s1. The van der Waals surface area contributed by atoms with Crippen LogP contribution in [0.15, 0.2) is 60.7 Å². The van der Waals surface area contributed by atoms with Gasteiger partial charge in [0.05, 0.1) is 5.75 Å². The molecular formula is C20H20N2O2S. The van der Waals surface area contributed by atoms with Gasteiger partial charge >= 0.3 is 0 Å². The molecule has 0 bridgehead atoms. The summed E-state index contributed by atoms with van der Waals surface area (Å²) in [7, 11) is 1.74. The summed E-state index contributed by atoms with van der Waals surface area (Å²) in [4.78, 5) is 27.2. The molecule has 2 amide bonds. The van der Waals surface area contributed by atoms with E-state index in [1.807, 2.05) is 65.6 Å². The molecule has 0 aromatic heterocycles. The Hall–Kier alpha value is -2.53. The first-order valence-electron chi connectivity index (χ1n) is 8.07. The topological polar surface area (TPSA) is 40.6 Å². The van der Waals surface area contributed by atoms with Crippen molar-refractivity contribution in [3.05, 3.63) is 66.2 Å². The van der Waals surface area contributed by atoms with Gasteiger partial charge < -0.3 is 4.90 Å². The minimum Gasteiger partial charge on any atom is -0.316 e. The van der Waals surface area contributed by atoms with E-state index in [-0.39, 0.29) is 17.2 Å². The molecule has 25 heavy (non-hydrogen) atoms. The molecule has 128 valence electrons. The number of benzene rings is 2. The van der Waals surface area contributed by atoms with E-state index in [2.05, 4.69) is 6.08 Å². The number of nitrogens with zero attached hydrogens (tertiary/aromatic N) is 2. The maximum absolute atomic E-state index is 12.3. The van der Waals surface area contributed by atoms with Gasteiger partial charge in [-0.15, -0.1) is 11.8 Å². The Morgan fingerprint density at radius 1 is 1.16 bits per heavy atom. The third-order valence-corrected chi connectivity index (χ3v) is 5.26. The van der Waals surface area contributed by atoms with Crippen molar-refractivity contribution < 1.29 is 9.59 Å². The summed E-state index contributed by atoms with van der Waals surface area (Å²) in [5.41, 5.74) is 2.77. The number of amides is 2. The Morgan fingerprint density at radius 2 is 1.84 bits per heavy atom. The highest BCUT2D eigenvalue weighted by atomic mass is 32.2. The van der Waals surface area contributed by atoms with Gasteiger partial charge in [0.2, 0.25) is 11.8 Å². The average Bonchev–Trinajstić information content (AvgIpc) is 3.01. The lowest BCUT2D eigenvalue weighted by atomic mass is 10.2. The molecule has 2 aromatic carbocycles. The smallest absolute Gasteiger partial charge is 0.238 e. The summed E-state index contributed by atoms with van der Waals surface area (Å²) in [6.07, 6.45) is 4.10. The van der Waals surface area contributed by atoms with Crippen molar-refractivity contribution in [1.82, 2.24) is 0 Å². The van der Waals surface area contributed by atoms with Crippen LogP contribution < -0.4 is 9.80 Å². The van der Waals surface area contributed by atoms with Crippen molar-refractivity contribution in [2.75, 3.05) is 22.6 Å². The molecule has 4 nitrogen and oxygen atoms in total. The third kappa shape index (κ3) is 3.94. The number of hydrogen-bond acceptors (Lipinski definition) is 3. The van der Waals surface area contributed by atoms with Crippen LogP contribution >= 0.6 is 11.8 Å². The average molecular weight is 352 g/mol. The van der Waals surface area contributed by atoms with Gasteiger partial charge in [-0.2, -0.15) is 0 Å². The molecule has 0 unspecified atom stereocenters. The Kier molecular flexibility index (Phi) is 5.24. The Labute approximate surface area is 152 Å². The first-order chi connectivity index (χ1) is 12.1. The van der Waals surface area contributed by atoms with Gasteiger partial charge in [-0.3, -0.25) is 14.5 Å². The van der Waals surface area contributed by atoms with Gasteiger partial charge in [0.25, 0.3) is 0 Å². The predicted molar refractivity (Wildman–Crippen MR) is 105 cm³/mol. The van der Waals surface area contributed by atoms with E-state index in [9.17, 15) is 9.59 Å². The van der Waals surface area contributed by atoms with Gasteiger partial charge in [-0.25, -0.2) is 0 Å². The van der Waals surface area contributed by atoms with Crippen molar-refractivity contribution in [2.45, 2.75) is 12.3 Å². The third-order valence-electron chi connectivity index (χ3n) is 4.14. The van der Waals surface area contributed by atoms with Crippen molar-refractivity contribution in [2.24, 2.45) is 0 Å². The second kappa shape index (κ2) is 7.57. The zero-order valence-corrected chi connectivity index (χ0v) is 15.1. The molecule has 0 N–H and O–H groups in total. The van der Waals surface area contributed by atoms with E-state index in [1.165, 1.54) is 6.92 Å². The summed E-state index contributed by atoms with van der Waals surface area (Å²) < 4.78 is 0. The summed E-state index contributed by atoms with van der Waals surface area (Å²) in [6.45, 7) is 1.53. The molecule has 0 aliphatic carbocycles. The van der Waals surface area contributed by atoms with Gasteiger partial charge in [0, 0.05) is 25.3 Å². The predicted octanol–water partition coefficient (Wildman–Crippen LogP) is 3.79. The SMILES string of the molecule is CC(=O)N(C)c1ccc(N2C(=O)CS[C@H]2/C=C/c2ccccc2)cc1. The molecule has 1 saturated heterocycles. The van der Waals surface area contributed by atoms with Crippen molar-refractivity contribution in [3.63, 3.8) is 0 Å². The number of carbonyl (C=O) groups is 2. The van der Waals surface area contributed by atoms with Crippen LogP contribution in [0.25, 0.3) is 6.08 Å². The van der Waals surface area contributed by atoms with E-state index in [0.717, 1.165) is 16.9 Å². The first kappa shape index (κ1) is 17.3. The molecule has 0 saturated carbocycles. The number of thioether (sulfide) groups is 1. The first-order valence-corrected chi connectivity index (χ1v) is 9.12. The Balaban J connectivity index is 1.80. The van der Waals surface area contributed by atoms with Gasteiger partial charge in [-0.05, 0) is 29.8 Å². The molecule has 1 aliphatic heterocycles. The van der Waals surface area contributed by atoms with E-state index in [4.69, 9.17) is 0 Å². The van der Waals surface area contributed by atoms with Crippen LogP contribution in [0, 0.1) is 0 Å². The van der Waals surface area contributed by atoms with Crippen molar-refractivity contribution in [3.8, 4) is 0 Å². The second-order valence-electron chi connectivity index (χ2n) is 5.83. The number of hydrogen-bond donors (Lipinski definition) is 0. The van der Waals surface area contributed by atoms with Crippen LogP contribution in [-0.2, 0) is 9.59 Å². The minimum absolute atomic E-state index is 0.0239. The number of carbonyl (C=O) groups excluding carboxylic acids is 2. The highest BCUT2D eigenvalue weighted by Crippen LogP contribution is 2.32. The van der Waals surface area contributed by atoms with Crippen LogP contribution in [0.1, 0.15) is 12.5 Å². The largest absolute Gasteiger partial charge is 0.316 e. The van der Waals surface area contributed by atoms with Gasteiger partial charge in [0.15, 0.2) is 0 Å². The highest BCUT2D eigenvalue weighted by Gasteiger charge is 2.31. The molecule has 1 fully saturated rings. The van der Waals surface area contributed by atoms with Crippen LogP contribution in [0.3, 0.4) is 0 Å². The summed E-state index contributed by atoms with van der Waals surface area (Å²) in [5, 5.41) is -0.0240. The lowest BCUT2D eigenvalue weighted by Crippen LogP contribution is -2.31. The van der Waals surface area contributed by atoms with Crippen molar-refractivity contribution >= 4 is 41.0 Å². The zero-order valence-electron chi connectivity index (χ0n) is 14.3. The normalized spacial score (nSPS) is 17.3. The Morgan fingerprint density at radius 3 is 2.48 bits per heavy atom. The molecule has 5 heteroatoms. The fraction of sp³-hybridized carbons (Fsp3) is 0.200. The van der Waals surface area contributed by atoms with E-state index < -0.39 is 0 Å². The molecule has 0 radical (unpaired) electrons. The van der Waals surface area contributed by atoms with Crippen LogP contribution in [0.4, 0.5) is 11.4 Å². The second-order valence-corrected chi connectivity index (χ2v) is 6.93. The maximum atomic E-state index is 12.3. The lowest BCUT2D eigenvalue weighted by Gasteiger charge is -2.23. The van der Waals surface area contributed by atoms with E-state index in [0.29, 0.717) is 5.75 Å². The summed E-state index contributed by atoms with van der Waals surface area (Å²) in [6, 6.07) is 17.6. The molecule has 1 heterocycles. The molecular weight excluding hydrogens is 332 g/mol. The highest BCUT2D eigenvalue weighted by molar-refractivity contribution is 8.01. The van der Waals surface area contributed by atoms with Gasteiger partial charge in [-0.1, -0.05) is 42.5 Å². The molecule has 2 aromatic rings.